The Morgan fingerprint density at radius 2 is 1.77 bits per heavy atom. The molecule has 0 unspecified atom stereocenters. The van der Waals surface area contributed by atoms with Gasteiger partial charge in [-0.05, 0) is 49.4 Å². The monoisotopic (exact) mass is 182 g/mol. The Balaban J connectivity index is 2.10. The van der Waals surface area contributed by atoms with Crippen molar-refractivity contribution >= 4 is 0 Å². The van der Waals surface area contributed by atoms with Gasteiger partial charge in [-0.3, -0.25) is 0 Å². The Labute approximate surface area is 84.1 Å². The van der Waals surface area contributed by atoms with Crippen molar-refractivity contribution < 1.29 is 0 Å². The molecule has 0 aliphatic heterocycles. The van der Waals surface area contributed by atoms with Gasteiger partial charge in [-0.25, -0.2) is 0 Å². The summed E-state index contributed by atoms with van der Waals surface area (Å²) < 4.78 is 0. The summed E-state index contributed by atoms with van der Waals surface area (Å²) in [4.78, 5) is 0. The first-order valence-corrected chi connectivity index (χ1v) is 6.03. The van der Waals surface area contributed by atoms with Crippen LogP contribution in [0.15, 0.2) is 0 Å². The van der Waals surface area contributed by atoms with Crippen molar-refractivity contribution in [2.45, 2.75) is 66.2 Å². The summed E-state index contributed by atoms with van der Waals surface area (Å²) in [6, 6.07) is 0. The number of hydrogen-bond acceptors (Lipinski definition) is 0. The molecule has 0 atom stereocenters. The molecule has 78 valence electrons. The van der Waals surface area contributed by atoms with Crippen molar-refractivity contribution in [2.24, 2.45) is 17.3 Å². The summed E-state index contributed by atoms with van der Waals surface area (Å²) in [6.07, 6.45) is 8.67. The first-order valence-electron chi connectivity index (χ1n) is 6.03. The highest BCUT2D eigenvalue weighted by Gasteiger charge is 2.27. The van der Waals surface area contributed by atoms with Crippen LogP contribution in [0, 0.1) is 17.3 Å². The third-order valence-electron chi connectivity index (χ3n) is 3.63. The van der Waals surface area contributed by atoms with Gasteiger partial charge in [0.1, 0.15) is 0 Å². The van der Waals surface area contributed by atoms with Crippen molar-refractivity contribution in [3.63, 3.8) is 0 Å². The van der Waals surface area contributed by atoms with Crippen molar-refractivity contribution in [2.75, 3.05) is 0 Å². The molecule has 0 heteroatoms. The van der Waals surface area contributed by atoms with Crippen LogP contribution in [-0.4, -0.2) is 0 Å². The molecular formula is C13H26. The van der Waals surface area contributed by atoms with Crippen LogP contribution in [0.2, 0.25) is 0 Å². The van der Waals surface area contributed by atoms with Gasteiger partial charge < -0.3 is 0 Å². The van der Waals surface area contributed by atoms with Gasteiger partial charge in [0.2, 0.25) is 0 Å². The number of rotatable bonds is 5. The van der Waals surface area contributed by atoms with Crippen LogP contribution >= 0.6 is 0 Å². The van der Waals surface area contributed by atoms with E-state index in [1.165, 1.54) is 38.5 Å². The maximum absolute atomic E-state index is 2.43. The fourth-order valence-electron chi connectivity index (χ4n) is 2.70. The zero-order valence-corrected chi connectivity index (χ0v) is 9.90. The normalized spacial score (nSPS) is 28.6. The van der Waals surface area contributed by atoms with Crippen molar-refractivity contribution in [1.29, 1.82) is 0 Å². The van der Waals surface area contributed by atoms with E-state index in [-0.39, 0.29) is 0 Å². The van der Waals surface area contributed by atoms with Gasteiger partial charge in [0.25, 0.3) is 0 Å². The van der Waals surface area contributed by atoms with Gasteiger partial charge in [0.15, 0.2) is 0 Å². The van der Waals surface area contributed by atoms with Gasteiger partial charge in [-0.15, -0.1) is 0 Å². The van der Waals surface area contributed by atoms with E-state index in [4.69, 9.17) is 0 Å². The molecule has 0 aromatic rings. The van der Waals surface area contributed by atoms with Gasteiger partial charge >= 0.3 is 0 Å². The van der Waals surface area contributed by atoms with E-state index in [0.29, 0.717) is 5.41 Å². The highest BCUT2D eigenvalue weighted by molar-refractivity contribution is 4.79. The molecule has 0 N–H and O–H groups in total. The molecule has 0 amide bonds. The van der Waals surface area contributed by atoms with Crippen molar-refractivity contribution in [3.8, 4) is 0 Å². The molecule has 0 heterocycles. The van der Waals surface area contributed by atoms with E-state index in [1.54, 1.807) is 0 Å². The number of hydrogen-bond donors (Lipinski definition) is 0. The first-order chi connectivity index (χ1) is 6.03. The van der Waals surface area contributed by atoms with Crippen LogP contribution in [0.5, 0.6) is 0 Å². The average Bonchev–Trinajstić information content (AvgIpc) is 1.96. The largest absolute Gasteiger partial charge is 0.0654 e. The molecule has 1 rings (SSSR count). The second-order valence-electron chi connectivity index (χ2n) is 5.90. The summed E-state index contributed by atoms with van der Waals surface area (Å²) in [5.41, 5.74) is 0.605. The quantitative estimate of drug-likeness (QED) is 0.581. The van der Waals surface area contributed by atoms with E-state index < -0.39 is 0 Å². The maximum atomic E-state index is 2.43. The van der Waals surface area contributed by atoms with Crippen LogP contribution in [0.4, 0.5) is 0 Å². The second-order valence-corrected chi connectivity index (χ2v) is 5.90. The molecule has 1 saturated carbocycles. The third kappa shape index (κ3) is 3.70. The smallest absolute Gasteiger partial charge is 0.0354 e. The van der Waals surface area contributed by atoms with E-state index in [2.05, 4.69) is 27.7 Å². The molecule has 1 aliphatic carbocycles. The van der Waals surface area contributed by atoms with E-state index in [0.717, 1.165) is 11.8 Å². The molecule has 0 saturated heterocycles. The van der Waals surface area contributed by atoms with E-state index >= 15 is 0 Å². The minimum Gasteiger partial charge on any atom is -0.0654 e. The van der Waals surface area contributed by atoms with Crippen molar-refractivity contribution in [3.05, 3.63) is 0 Å². The lowest BCUT2D eigenvalue weighted by atomic mass is 9.71. The predicted octanol–water partition coefficient (Wildman–Crippen LogP) is 4.64. The molecule has 0 aromatic carbocycles. The fourth-order valence-corrected chi connectivity index (χ4v) is 2.70. The molecule has 0 radical (unpaired) electrons. The van der Waals surface area contributed by atoms with Crippen LogP contribution in [-0.2, 0) is 0 Å². The van der Waals surface area contributed by atoms with Crippen LogP contribution in [0.3, 0.4) is 0 Å². The van der Waals surface area contributed by atoms with E-state index in [9.17, 15) is 0 Å². The molecular weight excluding hydrogens is 156 g/mol. The third-order valence-corrected chi connectivity index (χ3v) is 3.63. The standard InChI is InChI=1S/C13H26/c1-5-7-13(3,4)8-6-12-9-11(2)10-12/h11-12H,5-10H2,1-4H3. The first kappa shape index (κ1) is 11.1. The molecule has 0 aromatic heterocycles. The summed E-state index contributed by atoms with van der Waals surface area (Å²) in [5, 5.41) is 0. The second kappa shape index (κ2) is 4.48. The highest BCUT2D eigenvalue weighted by Crippen LogP contribution is 2.39. The summed E-state index contributed by atoms with van der Waals surface area (Å²) in [5.74, 6) is 2.10. The van der Waals surface area contributed by atoms with Crippen LogP contribution < -0.4 is 0 Å². The Hall–Kier alpha value is 0. The Bertz CT molecular complexity index is 140. The Morgan fingerprint density at radius 1 is 1.15 bits per heavy atom. The molecule has 1 aliphatic rings. The fraction of sp³-hybridized carbons (Fsp3) is 1.00. The van der Waals surface area contributed by atoms with Crippen LogP contribution in [0.1, 0.15) is 66.2 Å². The lowest BCUT2D eigenvalue weighted by Gasteiger charge is -2.35. The van der Waals surface area contributed by atoms with Gasteiger partial charge in [-0.2, -0.15) is 0 Å². The predicted molar refractivity (Wildman–Crippen MR) is 59.8 cm³/mol. The van der Waals surface area contributed by atoms with Gasteiger partial charge in [0.05, 0.1) is 0 Å². The van der Waals surface area contributed by atoms with Gasteiger partial charge in [-0.1, -0.05) is 34.1 Å². The molecule has 0 nitrogen and oxygen atoms in total. The van der Waals surface area contributed by atoms with Gasteiger partial charge in [0, 0.05) is 0 Å². The zero-order chi connectivity index (χ0) is 9.90. The summed E-state index contributed by atoms with van der Waals surface area (Å²) in [6.45, 7) is 9.54. The average molecular weight is 182 g/mol. The van der Waals surface area contributed by atoms with E-state index in [1.807, 2.05) is 0 Å². The highest BCUT2D eigenvalue weighted by atomic mass is 14.3. The summed E-state index contributed by atoms with van der Waals surface area (Å²) >= 11 is 0. The lowest BCUT2D eigenvalue weighted by molar-refractivity contribution is 0.166. The minimum atomic E-state index is 0.605. The van der Waals surface area contributed by atoms with Crippen LogP contribution in [0.25, 0.3) is 0 Å². The Morgan fingerprint density at radius 3 is 2.23 bits per heavy atom. The maximum Gasteiger partial charge on any atom is -0.0354 e. The summed E-state index contributed by atoms with van der Waals surface area (Å²) in [7, 11) is 0. The molecule has 1 fully saturated rings. The molecule has 0 bridgehead atoms. The molecule has 0 spiro atoms. The van der Waals surface area contributed by atoms with Crippen molar-refractivity contribution in [1.82, 2.24) is 0 Å². The topological polar surface area (TPSA) is 0 Å². The SMILES string of the molecule is CCCC(C)(C)CCC1CC(C)C1. The zero-order valence-electron chi connectivity index (χ0n) is 9.90. The minimum absolute atomic E-state index is 0.605. The molecule has 13 heavy (non-hydrogen) atoms. The Kier molecular flexibility index (Phi) is 3.82. The lowest BCUT2D eigenvalue weighted by Crippen LogP contribution is -2.23.